The summed E-state index contributed by atoms with van der Waals surface area (Å²) in [6.07, 6.45) is 0.749. The van der Waals surface area contributed by atoms with E-state index in [9.17, 15) is 33.3 Å². The molecule has 7 atom stereocenters. The van der Waals surface area contributed by atoms with Crippen LogP contribution in [0.3, 0.4) is 0 Å². The molecule has 1 aliphatic carbocycles. The molecular weight excluding hydrogens is 658 g/mol. The number of ether oxygens (including phenoxy) is 3. The fourth-order valence-corrected chi connectivity index (χ4v) is 8.37. The number of amides is 1. The van der Waals surface area contributed by atoms with E-state index in [0.29, 0.717) is 41.1 Å². The molecule has 0 saturated carbocycles. The largest absolute Gasteiger partial charge is 0.496 e. The molecule has 1 amide bonds. The normalized spacial score (nSPS) is 27.3. The molecule has 0 bridgehead atoms. The van der Waals surface area contributed by atoms with E-state index in [4.69, 9.17) is 31.1 Å². The van der Waals surface area contributed by atoms with E-state index >= 15 is 0 Å². The van der Waals surface area contributed by atoms with E-state index in [2.05, 4.69) is 4.72 Å². The van der Waals surface area contributed by atoms with Crippen molar-refractivity contribution in [3.05, 3.63) is 46.6 Å². The summed E-state index contributed by atoms with van der Waals surface area (Å²) in [5.41, 5.74) is 12.3. The molecule has 1 aromatic rings. The summed E-state index contributed by atoms with van der Waals surface area (Å²) in [7, 11) is -2.98. The van der Waals surface area contributed by atoms with Crippen LogP contribution in [-0.2, 0) is 29.1 Å². The number of hydrogen-bond donors (Lipinski definition) is 7. The molecule has 2 heterocycles. The van der Waals surface area contributed by atoms with Gasteiger partial charge in [-0.05, 0) is 75.6 Å². The molecule has 1 unspecified atom stereocenters. The fourth-order valence-electron chi connectivity index (χ4n) is 6.66. The second kappa shape index (κ2) is 15.8. The van der Waals surface area contributed by atoms with Crippen molar-refractivity contribution in [1.29, 1.82) is 5.41 Å². The summed E-state index contributed by atoms with van der Waals surface area (Å²) in [5.74, 6) is -0.780. The van der Waals surface area contributed by atoms with Gasteiger partial charge in [0.2, 0.25) is 15.9 Å². The number of ketones is 1. The topological polar surface area (TPSA) is 248 Å². The van der Waals surface area contributed by atoms with Gasteiger partial charge in [0.1, 0.15) is 35.9 Å². The number of aryl methyl sites for hydroxylation is 1. The first-order chi connectivity index (χ1) is 23.0. The third-order valence-electron chi connectivity index (χ3n) is 9.60. The summed E-state index contributed by atoms with van der Waals surface area (Å²) < 4.78 is 47.3. The Morgan fingerprint density at radius 1 is 1.14 bits per heavy atom. The Bertz CT molecular complexity index is 1590. The van der Waals surface area contributed by atoms with Gasteiger partial charge in [-0.1, -0.05) is 18.2 Å². The fraction of sp³-hybridized carbons (Fsp3) is 0.606. The number of aliphatic hydroxyl groups is 3. The van der Waals surface area contributed by atoms with Crippen LogP contribution in [-0.4, -0.2) is 116 Å². The number of piperidine rings is 1. The monoisotopic (exact) mass is 707 g/mol. The van der Waals surface area contributed by atoms with Gasteiger partial charge in [0, 0.05) is 18.7 Å². The second-order valence-corrected chi connectivity index (χ2v) is 14.7. The van der Waals surface area contributed by atoms with Crippen molar-refractivity contribution >= 4 is 27.5 Å². The number of amidine groups is 1. The van der Waals surface area contributed by atoms with Gasteiger partial charge in [-0.2, -0.15) is 4.72 Å². The number of benzene rings is 1. The summed E-state index contributed by atoms with van der Waals surface area (Å²) >= 11 is 0. The number of allylic oxidation sites excluding steroid dienone is 2. The average Bonchev–Trinajstić information content (AvgIpc) is 3.07. The number of carbonyl (C=O) groups excluding carboxylic acids is 2. The van der Waals surface area contributed by atoms with Crippen molar-refractivity contribution in [2.24, 2.45) is 16.9 Å². The highest BCUT2D eigenvalue weighted by molar-refractivity contribution is 7.89. The van der Waals surface area contributed by atoms with E-state index in [-0.39, 0.29) is 36.1 Å². The maximum atomic E-state index is 14.8. The summed E-state index contributed by atoms with van der Waals surface area (Å²) in [5, 5.41) is 38.4. The Kier molecular flexibility index (Phi) is 12.4. The SMILES string of the molecule is COc1cc(C)c(S(=O)(=O)N[C@@H](CO[C@@H]2OC[C@@H](O)[C@@H](O)[C@H]2O)C(=O)C2(C[C@@H](N)C(=O)N3CCCCC3)C=CC(C(=N)N)=CC2)c(C)c1C. The smallest absolute Gasteiger partial charge is 0.241 e. The van der Waals surface area contributed by atoms with Crippen LogP contribution >= 0.6 is 0 Å². The minimum Gasteiger partial charge on any atom is -0.496 e. The molecular formula is C33H49N5O10S. The molecule has 15 nitrogen and oxygen atoms in total. The van der Waals surface area contributed by atoms with Crippen LogP contribution in [0.15, 0.2) is 34.8 Å². The number of Topliss-reactive ketones (excluding diaryl/α,β-unsaturated/α-hetero) is 1. The van der Waals surface area contributed by atoms with E-state index in [1.54, 1.807) is 37.8 Å². The first-order valence-electron chi connectivity index (χ1n) is 16.3. The van der Waals surface area contributed by atoms with E-state index in [0.717, 1.165) is 19.3 Å². The van der Waals surface area contributed by atoms with Crippen LogP contribution in [0.2, 0.25) is 0 Å². The first-order valence-corrected chi connectivity index (χ1v) is 17.8. The number of nitrogens with two attached hydrogens (primary N) is 2. The van der Waals surface area contributed by atoms with Crippen molar-refractivity contribution in [3.63, 3.8) is 0 Å². The Labute approximate surface area is 286 Å². The number of nitrogens with zero attached hydrogens (tertiary/aromatic N) is 1. The first kappa shape index (κ1) is 38.6. The maximum absolute atomic E-state index is 14.8. The van der Waals surface area contributed by atoms with Gasteiger partial charge in [0.25, 0.3) is 0 Å². The van der Waals surface area contributed by atoms with Crippen LogP contribution in [0.4, 0.5) is 0 Å². The second-order valence-electron chi connectivity index (χ2n) is 13.1. The zero-order valence-corrected chi connectivity index (χ0v) is 29.2. The predicted octanol–water partition coefficient (Wildman–Crippen LogP) is -0.169. The minimum absolute atomic E-state index is 0.0520. The predicted molar refractivity (Wildman–Crippen MR) is 179 cm³/mol. The van der Waals surface area contributed by atoms with Crippen molar-refractivity contribution in [3.8, 4) is 5.75 Å². The Morgan fingerprint density at radius 2 is 1.82 bits per heavy atom. The third-order valence-corrected chi connectivity index (χ3v) is 11.4. The highest BCUT2D eigenvalue weighted by Crippen LogP contribution is 2.38. The van der Waals surface area contributed by atoms with Gasteiger partial charge in [-0.3, -0.25) is 15.0 Å². The number of rotatable bonds is 13. The number of aliphatic hydroxyl groups excluding tert-OH is 3. The summed E-state index contributed by atoms with van der Waals surface area (Å²) in [6, 6.07) is -1.17. The van der Waals surface area contributed by atoms with Crippen LogP contribution in [0.25, 0.3) is 0 Å². The molecule has 16 heteroatoms. The molecule has 49 heavy (non-hydrogen) atoms. The van der Waals surface area contributed by atoms with E-state index in [1.165, 1.54) is 19.3 Å². The molecule has 3 aliphatic rings. The van der Waals surface area contributed by atoms with Crippen LogP contribution < -0.4 is 20.9 Å². The lowest BCUT2D eigenvalue weighted by molar-refractivity contribution is -0.270. The molecule has 0 spiro atoms. The summed E-state index contributed by atoms with van der Waals surface area (Å²) in [6.45, 7) is 4.97. The van der Waals surface area contributed by atoms with Gasteiger partial charge < -0.3 is 45.9 Å². The number of nitrogens with one attached hydrogen (secondary N) is 2. The lowest BCUT2D eigenvalue weighted by Crippen LogP contribution is -2.57. The van der Waals surface area contributed by atoms with Gasteiger partial charge in [0.05, 0.1) is 36.7 Å². The molecule has 2 saturated heterocycles. The maximum Gasteiger partial charge on any atom is 0.241 e. The third kappa shape index (κ3) is 8.40. The van der Waals surface area contributed by atoms with Crippen LogP contribution in [0.1, 0.15) is 48.8 Å². The Morgan fingerprint density at radius 3 is 2.41 bits per heavy atom. The molecule has 4 rings (SSSR count). The average molecular weight is 708 g/mol. The lowest BCUT2D eigenvalue weighted by Gasteiger charge is -2.38. The lowest BCUT2D eigenvalue weighted by atomic mass is 9.70. The Balaban J connectivity index is 1.73. The van der Waals surface area contributed by atoms with E-state index < -0.39 is 64.5 Å². The number of likely N-dealkylation sites (tertiary alicyclic amines) is 1. The highest BCUT2D eigenvalue weighted by Gasteiger charge is 2.46. The number of hydrogen-bond acceptors (Lipinski definition) is 12. The molecule has 272 valence electrons. The summed E-state index contributed by atoms with van der Waals surface area (Å²) in [4.78, 5) is 29.8. The molecule has 1 aromatic carbocycles. The van der Waals surface area contributed by atoms with Crippen molar-refractivity contribution in [2.45, 2.75) is 94.5 Å². The van der Waals surface area contributed by atoms with Crippen LogP contribution in [0.5, 0.6) is 5.75 Å². The van der Waals surface area contributed by atoms with Gasteiger partial charge in [-0.15, -0.1) is 0 Å². The number of carbonyl (C=O) groups is 2. The van der Waals surface area contributed by atoms with Crippen molar-refractivity contribution in [1.82, 2.24) is 9.62 Å². The quantitative estimate of drug-likeness (QED) is 0.104. The highest BCUT2D eigenvalue weighted by atomic mass is 32.2. The van der Waals surface area contributed by atoms with Gasteiger partial charge in [-0.25, -0.2) is 8.42 Å². The molecule has 2 fully saturated rings. The molecule has 0 radical (unpaired) electrons. The Hall–Kier alpha value is -3.22. The van der Waals surface area contributed by atoms with Crippen molar-refractivity contribution in [2.75, 3.05) is 33.4 Å². The molecule has 9 N–H and O–H groups in total. The van der Waals surface area contributed by atoms with E-state index in [1.807, 2.05) is 0 Å². The molecule has 0 aromatic heterocycles. The molecule has 2 aliphatic heterocycles. The zero-order chi connectivity index (χ0) is 36.3. The standard InChI is InChI=1S/C33H49N5O10S/c1-18-14-25(46-4)19(2)20(3)28(18)49(44,45)37-23(16-47-32-27(41)26(40)24(39)17-48-32)29(42)33(10-8-21(9-11-33)30(35)36)15-22(34)31(43)38-12-6-5-7-13-38/h8-10,14,22-24,26-27,32,37,39-41H,5-7,11-13,15-17,34H2,1-4H3,(H3,35,36)/t22-,23+,24-,26-,27-,32-,33?/m1/s1. The zero-order valence-electron chi connectivity index (χ0n) is 28.3. The minimum atomic E-state index is -4.45. The van der Waals surface area contributed by atoms with Crippen LogP contribution in [0, 0.1) is 31.6 Å². The number of sulfonamides is 1. The van der Waals surface area contributed by atoms with Gasteiger partial charge >= 0.3 is 0 Å². The van der Waals surface area contributed by atoms with Gasteiger partial charge in [0.15, 0.2) is 12.1 Å². The number of methoxy groups -OCH3 is 1. The van der Waals surface area contributed by atoms with Crippen molar-refractivity contribution < 1.29 is 47.5 Å².